The quantitative estimate of drug-likeness (QED) is 0.445. The second-order valence-corrected chi connectivity index (χ2v) is 8.91. The lowest BCUT2D eigenvalue weighted by atomic mass is 10.1. The Morgan fingerprint density at radius 1 is 0.875 bits per heavy atom. The number of azo groups is 1. The third-order valence-corrected chi connectivity index (χ3v) is 6.07. The number of hydrogen-bond acceptors (Lipinski definition) is 5. The van der Waals surface area contributed by atoms with Crippen molar-refractivity contribution in [3.8, 4) is 5.75 Å². The molecule has 168 valence electrons. The van der Waals surface area contributed by atoms with E-state index >= 15 is 0 Å². The number of hydrogen-bond donors (Lipinski definition) is 2. The summed E-state index contributed by atoms with van der Waals surface area (Å²) in [6, 6.07) is 13.3. The van der Waals surface area contributed by atoms with Gasteiger partial charge in [-0.3, -0.25) is 0 Å². The van der Waals surface area contributed by atoms with E-state index in [1.54, 1.807) is 26.0 Å². The van der Waals surface area contributed by atoms with Crippen molar-refractivity contribution in [3.05, 3.63) is 82.9 Å². The Kier molecular flexibility index (Phi) is 6.65. The van der Waals surface area contributed by atoms with Crippen LogP contribution in [0.15, 0.2) is 75.8 Å². The maximum Gasteiger partial charge on any atom is 0.416 e. The smallest absolute Gasteiger partial charge is 0.416 e. The first kappa shape index (κ1) is 23.4. The van der Waals surface area contributed by atoms with E-state index in [1.807, 2.05) is 0 Å². The molecule has 2 N–H and O–H groups in total. The Balaban J connectivity index is 1.66. The first-order valence-corrected chi connectivity index (χ1v) is 10.9. The van der Waals surface area contributed by atoms with Crippen molar-refractivity contribution in [2.75, 3.05) is 0 Å². The Bertz CT molecular complexity index is 1220. The molecule has 10 heteroatoms. The SMILES string of the molecule is Cc1cc(N=Nc2ccc(S(=O)(=O)NCc3ccc(C(F)(F)F)cc3)cc2)cc(C)c1O. The highest BCUT2D eigenvalue weighted by Gasteiger charge is 2.29. The highest BCUT2D eigenvalue weighted by Crippen LogP contribution is 2.30. The summed E-state index contributed by atoms with van der Waals surface area (Å²) in [5.41, 5.74) is 1.90. The minimum Gasteiger partial charge on any atom is -0.507 e. The van der Waals surface area contributed by atoms with Gasteiger partial charge in [0.25, 0.3) is 0 Å². The number of aromatic hydroxyl groups is 1. The molecule has 0 saturated heterocycles. The summed E-state index contributed by atoms with van der Waals surface area (Å²) in [6.07, 6.45) is -4.45. The molecule has 6 nitrogen and oxygen atoms in total. The third-order valence-electron chi connectivity index (χ3n) is 4.65. The highest BCUT2D eigenvalue weighted by molar-refractivity contribution is 7.89. The van der Waals surface area contributed by atoms with Crippen molar-refractivity contribution in [2.45, 2.75) is 31.5 Å². The fourth-order valence-electron chi connectivity index (χ4n) is 2.87. The summed E-state index contributed by atoms with van der Waals surface area (Å²) in [4.78, 5) is -0.0142. The standard InChI is InChI=1S/C22H20F3N3O3S/c1-14-11-19(12-15(2)21(14)29)28-27-18-7-9-20(10-8-18)32(30,31)26-13-16-3-5-17(6-4-16)22(23,24)25/h3-12,26,29H,13H2,1-2H3. The number of phenolic OH excluding ortho intramolecular Hbond substituents is 1. The van der Waals surface area contributed by atoms with Gasteiger partial charge in [-0.2, -0.15) is 23.4 Å². The molecule has 0 aromatic heterocycles. The van der Waals surface area contributed by atoms with Gasteiger partial charge in [0.2, 0.25) is 10.0 Å². The molecule has 3 aromatic rings. The lowest BCUT2D eigenvalue weighted by Crippen LogP contribution is -2.23. The Hall–Kier alpha value is -3.24. The first-order chi connectivity index (χ1) is 15.0. The molecule has 3 aromatic carbocycles. The molecule has 0 aliphatic heterocycles. The van der Waals surface area contributed by atoms with Crippen LogP contribution < -0.4 is 4.72 Å². The van der Waals surface area contributed by atoms with E-state index in [0.29, 0.717) is 28.1 Å². The summed E-state index contributed by atoms with van der Waals surface area (Å²) in [5, 5.41) is 18.0. The van der Waals surface area contributed by atoms with Crippen LogP contribution in [-0.2, 0) is 22.7 Å². The predicted molar refractivity (Wildman–Crippen MR) is 114 cm³/mol. The van der Waals surface area contributed by atoms with Crippen molar-refractivity contribution in [1.29, 1.82) is 0 Å². The minimum atomic E-state index is -4.45. The topological polar surface area (TPSA) is 91.1 Å². The van der Waals surface area contributed by atoms with Gasteiger partial charge in [0.05, 0.1) is 21.8 Å². The third kappa shape index (κ3) is 5.71. The highest BCUT2D eigenvalue weighted by atomic mass is 32.2. The van der Waals surface area contributed by atoms with E-state index in [0.717, 1.165) is 12.1 Å². The molecule has 3 rings (SSSR count). The number of nitrogens with zero attached hydrogens (tertiary/aromatic N) is 2. The van der Waals surface area contributed by atoms with E-state index in [2.05, 4.69) is 15.0 Å². The predicted octanol–water partition coefficient (Wildman–Crippen LogP) is 5.92. The summed E-state index contributed by atoms with van der Waals surface area (Å²) in [6.45, 7) is 3.35. The number of rotatable bonds is 6. The molecule has 0 amide bonds. The summed E-state index contributed by atoms with van der Waals surface area (Å²) in [5.74, 6) is 0.197. The van der Waals surface area contributed by atoms with Crippen LogP contribution >= 0.6 is 0 Å². The number of benzene rings is 3. The van der Waals surface area contributed by atoms with E-state index in [1.165, 1.54) is 36.4 Å². The van der Waals surface area contributed by atoms with E-state index in [4.69, 9.17) is 0 Å². The van der Waals surface area contributed by atoms with Gasteiger partial charge in [-0.05, 0) is 79.1 Å². The summed E-state index contributed by atoms with van der Waals surface area (Å²) in [7, 11) is -3.87. The fraction of sp³-hybridized carbons (Fsp3) is 0.182. The van der Waals surface area contributed by atoms with Crippen LogP contribution in [0.4, 0.5) is 24.5 Å². The molecule has 0 aliphatic rings. The van der Waals surface area contributed by atoms with Crippen molar-refractivity contribution in [3.63, 3.8) is 0 Å². The first-order valence-electron chi connectivity index (χ1n) is 9.43. The molecule has 0 spiro atoms. The van der Waals surface area contributed by atoms with Crippen molar-refractivity contribution >= 4 is 21.4 Å². The number of aryl methyl sites for hydroxylation is 2. The average Bonchev–Trinajstić information content (AvgIpc) is 2.74. The van der Waals surface area contributed by atoms with Crippen molar-refractivity contribution < 1.29 is 26.7 Å². The Labute approximate surface area is 183 Å². The Morgan fingerprint density at radius 3 is 1.94 bits per heavy atom. The summed E-state index contributed by atoms with van der Waals surface area (Å²) < 4.78 is 65.1. The summed E-state index contributed by atoms with van der Waals surface area (Å²) >= 11 is 0. The van der Waals surface area contributed by atoms with Crippen LogP contribution in [0.3, 0.4) is 0 Å². The van der Waals surface area contributed by atoms with Gasteiger partial charge in [0.1, 0.15) is 5.75 Å². The second kappa shape index (κ2) is 9.09. The van der Waals surface area contributed by atoms with Crippen LogP contribution in [0.25, 0.3) is 0 Å². The molecular weight excluding hydrogens is 443 g/mol. The van der Waals surface area contributed by atoms with Crippen LogP contribution in [0.2, 0.25) is 0 Å². The van der Waals surface area contributed by atoms with Crippen LogP contribution in [0, 0.1) is 13.8 Å². The number of sulfonamides is 1. The maximum atomic E-state index is 12.6. The van der Waals surface area contributed by atoms with Gasteiger partial charge < -0.3 is 5.11 Å². The molecule has 0 radical (unpaired) electrons. The monoisotopic (exact) mass is 463 g/mol. The van der Waals surface area contributed by atoms with E-state index in [-0.39, 0.29) is 17.2 Å². The normalized spacial score (nSPS) is 12.4. The maximum absolute atomic E-state index is 12.6. The van der Waals surface area contributed by atoms with Gasteiger partial charge in [0, 0.05) is 6.54 Å². The number of alkyl halides is 3. The lowest BCUT2D eigenvalue weighted by molar-refractivity contribution is -0.137. The molecule has 0 fully saturated rings. The van der Waals surface area contributed by atoms with Gasteiger partial charge in [-0.15, -0.1) is 0 Å². The molecule has 0 atom stereocenters. The molecule has 0 saturated carbocycles. The fourth-order valence-corrected chi connectivity index (χ4v) is 3.89. The van der Waals surface area contributed by atoms with Crippen LogP contribution in [-0.4, -0.2) is 13.5 Å². The molecule has 0 bridgehead atoms. The van der Waals surface area contributed by atoms with E-state index < -0.39 is 21.8 Å². The van der Waals surface area contributed by atoms with Crippen molar-refractivity contribution in [1.82, 2.24) is 4.72 Å². The van der Waals surface area contributed by atoms with Gasteiger partial charge in [-0.1, -0.05) is 12.1 Å². The van der Waals surface area contributed by atoms with E-state index in [9.17, 15) is 26.7 Å². The minimum absolute atomic E-state index is 0.0142. The lowest BCUT2D eigenvalue weighted by Gasteiger charge is -2.09. The number of nitrogens with one attached hydrogen (secondary N) is 1. The average molecular weight is 463 g/mol. The van der Waals surface area contributed by atoms with Gasteiger partial charge in [0.15, 0.2) is 0 Å². The Morgan fingerprint density at radius 2 is 1.41 bits per heavy atom. The molecular formula is C22H20F3N3O3S. The van der Waals surface area contributed by atoms with Crippen molar-refractivity contribution in [2.24, 2.45) is 10.2 Å². The second-order valence-electron chi connectivity index (χ2n) is 7.14. The zero-order valence-corrected chi connectivity index (χ0v) is 18.0. The van der Waals surface area contributed by atoms with Gasteiger partial charge >= 0.3 is 6.18 Å². The number of halogens is 3. The largest absolute Gasteiger partial charge is 0.507 e. The number of phenols is 1. The van der Waals surface area contributed by atoms with Crippen LogP contribution in [0.1, 0.15) is 22.3 Å². The van der Waals surface area contributed by atoms with Gasteiger partial charge in [-0.25, -0.2) is 13.1 Å². The molecule has 32 heavy (non-hydrogen) atoms. The zero-order chi connectivity index (χ0) is 23.5. The van der Waals surface area contributed by atoms with Crippen LogP contribution in [0.5, 0.6) is 5.75 Å². The zero-order valence-electron chi connectivity index (χ0n) is 17.2. The molecule has 0 heterocycles. The molecule has 0 aliphatic carbocycles. The molecule has 0 unspecified atom stereocenters.